The van der Waals surface area contributed by atoms with Gasteiger partial charge in [-0.25, -0.2) is 4.98 Å². The first-order valence-corrected chi connectivity index (χ1v) is 9.39. The Kier molecular flexibility index (Phi) is 4.55. The first kappa shape index (κ1) is 16.9. The van der Waals surface area contributed by atoms with Crippen LogP contribution in [0.15, 0.2) is 42.5 Å². The number of likely N-dealkylation sites (N-methyl/N-ethyl adjacent to an activating group) is 1. The van der Waals surface area contributed by atoms with Crippen molar-refractivity contribution in [3.8, 4) is 0 Å². The number of anilines is 3. The van der Waals surface area contributed by atoms with Crippen molar-refractivity contribution >= 4 is 28.4 Å². The highest BCUT2D eigenvalue weighted by molar-refractivity contribution is 5.82. The minimum absolute atomic E-state index is 0.465. The van der Waals surface area contributed by atoms with Gasteiger partial charge in [0.1, 0.15) is 0 Å². The van der Waals surface area contributed by atoms with E-state index in [-0.39, 0.29) is 0 Å². The largest absolute Gasteiger partial charge is 0.369 e. The van der Waals surface area contributed by atoms with Gasteiger partial charge in [-0.05, 0) is 42.8 Å². The smallest absolute Gasteiger partial charge is 0.205 e. The summed E-state index contributed by atoms with van der Waals surface area (Å²) in [6, 6.07) is 14.9. The van der Waals surface area contributed by atoms with E-state index in [1.807, 2.05) is 0 Å². The molecule has 4 rings (SSSR count). The van der Waals surface area contributed by atoms with E-state index < -0.39 is 0 Å². The molecule has 5 nitrogen and oxygen atoms in total. The number of nitrogens with one attached hydrogen (secondary N) is 2. The number of para-hydroxylation sites is 1. The molecule has 1 aromatic heterocycles. The SMILES string of the molecule is CC(C)c1ccccc1Nc1nc2ccc(N3CCN(C)CC3)cc2[nH]1. The van der Waals surface area contributed by atoms with Gasteiger partial charge in [0.2, 0.25) is 5.95 Å². The summed E-state index contributed by atoms with van der Waals surface area (Å²) in [4.78, 5) is 13.0. The predicted octanol–water partition coefficient (Wildman–Crippen LogP) is 4.18. The van der Waals surface area contributed by atoms with Gasteiger partial charge < -0.3 is 20.1 Å². The molecular formula is C21H27N5. The second kappa shape index (κ2) is 7.00. The van der Waals surface area contributed by atoms with Crippen molar-refractivity contribution in [1.29, 1.82) is 0 Å². The zero-order chi connectivity index (χ0) is 18.1. The van der Waals surface area contributed by atoms with Crippen molar-refractivity contribution in [3.63, 3.8) is 0 Å². The number of aromatic amines is 1. The monoisotopic (exact) mass is 349 g/mol. The lowest BCUT2D eigenvalue weighted by atomic mass is 10.0. The van der Waals surface area contributed by atoms with Crippen LogP contribution in [-0.4, -0.2) is 48.1 Å². The normalized spacial score (nSPS) is 15.8. The molecule has 0 radical (unpaired) electrons. The maximum absolute atomic E-state index is 4.71. The van der Waals surface area contributed by atoms with Gasteiger partial charge in [0.15, 0.2) is 0 Å². The minimum atomic E-state index is 0.465. The van der Waals surface area contributed by atoms with E-state index in [1.54, 1.807) is 0 Å². The maximum Gasteiger partial charge on any atom is 0.205 e. The molecule has 1 aliphatic rings. The van der Waals surface area contributed by atoms with Gasteiger partial charge in [-0.1, -0.05) is 32.0 Å². The molecule has 2 N–H and O–H groups in total. The van der Waals surface area contributed by atoms with Crippen LogP contribution >= 0.6 is 0 Å². The van der Waals surface area contributed by atoms with E-state index >= 15 is 0 Å². The summed E-state index contributed by atoms with van der Waals surface area (Å²) >= 11 is 0. The van der Waals surface area contributed by atoms with E-state index in [0.29, 0.717) is 5.92 Å². The molecule has 0 bridgehead atoms. The summed E-state index contributed by atoms with van der Waals surface area (Å²) in [5.74, 6) is 1.26. The molecule has 0 aliphatic carbocycles. The molecule has 2 aromatic carbocycles. The molecule has 1 aliphatic heterocycles. The quantitative estimate of drug-likeness (QED) is 0.742. The van der Waals surface area contributed by atoms with Crippen LogP contribution in [0.4, 0.5) is 17.3 Å². The highest BCUT2D eigenvalue weighted by Gasteiger charge is 2.15. The fourth-order valence-corrected chi connectivity index (χ4v) is 3.56. The van der Waals surface area contributed by atoms with Crippen LogP contribution < -0.4 is 10.2 Å². The topological polar surface area (TPSA) is 47.2 Å². The number of benzene rings is 2. The van der Waals surface area contributed by atoms with E-state index in [9.17, 15) is 0 Å². The number of rotatable bonds is 4. The molecule has 0 saturated carbocycles. The Morgan fingerprint density at radius 2 is 1.81 bits per heavy atom. The second-order valence-corrected chi connectivity index (χ2v) is 7.44. The third-order valence-electron chi connectivity index (χ3n) is 5.17. The average Bonchev–Trinajstić information content (AvgIpc) is 3.04. The first-order valence-electron chi connectivity index (χ1n) is 9.39. The predicted molar refractivity (Wildman–Crippen MR) is 110 cm³/mol. The molecule has 0 atom stereocenters. The number of hydrogen-bond donors (Lipinski definition) is 2. The number of hydrogen-bond acceptors (Lipinski definition) is 4. The highest BCUT2D eigenvalue weighted by atomic mass is 15.2. The van der Waals surface area contributed by atoms with Gasteiger partial charge in [-0.3, -0.25) is 0 Å². The zero-order valence-corrected chi connectivity index (χ0v) is 15.8. The van der Waals surface area contributed by atoms with Crippen LogP contribution in [0.2, 0.25) is 0 Å². The van der Waals surface area contributed by atoms with Crippen LogP contribution in [0, 0.1) is 0 Å². The lowest BCUT2D eigenvalue weighted by Crippen LogP contribution is -2.44. The second-order valence-electron chi connectivity index (χ2n) is 7.44. The number of piperazine rings is 1. The number of fused-ring (bicyclic) bond motifs is 1. The van der Waals surface area contributed by atoms with Gasteiger partial charge in [-0.2, -0.15) is 0 Å². The summed E-state index contributed by atoms with van der Waals surface area (Å²) in [5.41, 5.74) is 5.74. The summed E-state index contributed by atoms with van der Waals surface area (Å²) < 4.78 is 0. The first-order chi connectivity index (χ1) is 12.6. The molecule has 1 fully saturated rings. The van der Waals surface area contributed by atoms with Gasteiger partial charge in [0, 0.05) is 37.6 Å². The van der Waals surface area contributed by atoms with Crippen molar-refractivity contribution in [2.75, 3.05) is 43.4 Å². The van der Waals surface area contributed by atoms with Gasteiger partial charge in [0.25, 0.3) is 0 Å². The molecule has 2 heterocycles. The van der Waals surface area contributed by atoms with Crippen LogP contribution in [0.5, 0.6) is 0 Å². The maximum atomic E-state index is 4.71. The van der Waals surface area contributed by atoms with Gasteiger partial charge in [-0.15, -0.1) is 0 Å². The Balaban J connectivity index is 1.58. The Morgan fingerprint density at radius 3 is 2.58 bits per heavy atom. The molecule has 26 heavy (non-hydrogen) atoms. The van der Waals surface area contributed by atoms with Crippen LogP contribution in [-0.2, 0) is 0 Å². The van der Waals surface area contributed by atoms with Crippen molar-refractivity contribution in [3.05, 3.63) is 48.0 Å². The van der Waals surface area contributed by atoms with Crippen molar-refractivity contribution in [2.24, 2.45) is 0 Å². The number of nitrogens with zero attached hydrogens (tertiary/aromatic N) is 3. The lowest BCUT2D eigenvalue weighted by Gasteiger charge is -2.34. The van der Waals surface area contributed by atoms with E-state index in [2.05, 4.69) is 83.5 Å². The molecule has 136 valence electrons. The van der Waals surface area contributed by atoms with Gasteiger partial charge in [0.05, 0.1) is 11.0 Å². The standard InChI is InChI=1S/C21H27N5/c1-15(2)17-6-4-5-7-18(17)22-21-23-19-9-8-16(14-20(19)24-21)26-12-10-25(3)11-13-26/h4-9,14-15H,10-13H2,1-3H3,(H2,22,23,24). The molecular weight excluding hydrogens is 322 g/mol. The summed E-state index contributed by atoms with van der Waals surface area (Å²) in [7, 11) is 2.18. The Labute approximate surface area is 155 Å². The number of H-pyrrole nitrogens is 1. The summed E-state index contributed by atoms with van der Waals surface area (Å²) in [6.45, 7) is 8.79. The van der Waals surface area contributed by atoms with E-state index in [1.165, 1.54) is 11.3 Å². The average molecular weight is 349 g/mol. The number of aromatic nitrogens is 2. The third kappa shape index (κ3) is 3.40. The van der Waals surface area contributed by atoms with E-state index in [4.69, 9.17) is 4.98 Å². The fourth-order valence-electron chi connectivity index (χ4n) is 3.56. The lowest BCUT2D eigenvalue weighted by molar-refractivity contribution is 0.313. The van der Waals surface area contributed by atoms with Crippen LogP contribution in [0.3, 0.4) is 0 Å². The summed E-state index contributed by atoms with van der Waals surface area (Å²) in [5, 5.41) is 3.46. The number of imidazole rings is 1. The zero-order valence-electron chi connectivity index (χ0n) is 15.8. The fraction of sp³-hybridized carbons (Fsp3) is 0.381. The molecule has 3 aromatic rings. The Morgan fingerprint density at radius 1 is 1.04 bits per heavy atom. The van der Waals surface area contributed by atoms with E-state index in [0.717, 1.165) is 48.8 Å². The van der Waals surface area contributed by atoms with Crippen molar-refractivity contribution in [1.82, 2.24) is 14.9 Å². The molecule has 5 heteroatoms. The third-order valence-corrected chi connectivity index (χ3v) is 5.17. The molecule has 1 saturated heterocycles. The van der Waals surface area contributed by atoms with Crippen molar-refractivity contribution < 1.29 is 0 Å². The van der Waals surface area contributed by atoms with Crippen molar-refractivity contribution in [2.45, 2.75) is 19.8 Å². The minimum Gasteiger partial charge on any atom is -0.369 e. The van der Waals surface area contributed by atoms with Gasteiger partial charge >= 0.3 is 0 Å². The highest BCUT2D eigenvalue weighted by Crippen LogP contribution is 2.28. The molecule has 0 spiro atoms. The molecule has 0 unspecified atom stereocenters. The van der Waals surface area contributed by atoms with Crippen LogP contribution in [0.1, 0.15) is 25.3 Å². The van der Waals surface area contributed by atoms with Crippen LogP contribution in [0.25, 0.3) is 11.0 Å². The Hall–Kier alpha value is -2.53. The summed E-state index contributed by atoms with van der Waals surface area (Å²) in [6.07, 6.45) is 0. The molecule has 0 amide bonds. The Bertz CT molecular complexity index is 890.